The fraction of sp³-hybridized carbons (Fsp3) is 0.429. The normalized spacial score (nSPS) is 10.3. The molecule has 0 N–H and O–H groups in total. The van der Waals surface area contributed by atoms with Crippen LogP contribution in [0.15, 0.2) is 18.2 Å². The Morgan fingerprint density at radius 1 is 1.38 bits per heavy atom. The zero-order valence-corrected chi connectivity index (χ0v) is 12.5. The van der Waals surface area contributed by atoms with Gasteiger partial charge in [0.05, 0.1) is 12.0 Å². The summed E-state index contributed by atoms with van der Waals surface area (Å²) in [7, 11) is 1.24. The molecule has 0 bridgehead atoms. The summed E-state index contributed by atoms with van der Waals surface area (Å²) in [4.78, 5) is 35.5. The average molecular weight is 294 g/mol. The van der Waals surface area contributed by atoms with Crippen molar-refractivity contribution in [3.63, 3.8) is 0 Å². The number of nitro benzene ring substituents is 1. The highest BCUT2D eigenvalue weighted by molar-refractivity contribution is 5.98. The van der Waals surface area contributed by atoms with Crippen LogP contribution in [0.3, 0.4) is 0 Å². The minimum atomic E-state index is -0.559. The minimum absolute atomic E-state index is 0.161. The Morgan fingerprint density at radius 3 is 2.48 bits per heavy atom. The van der Waals surface area contributed by atoms with E-state index in [1.807, 2.05) is 0 Å². The van der Waals surface area contributed by atoms with Crippen molar-refractivity contribution < 1.29 is 19.2 Å². The van der Waals surface area contributed by atoms with Crippen LogP contribution in [0.1, 0.15) is 29.8 Å². The molecule has 7 heteroatoms. The average Bonchev–Trinajstić information content (AvgIpc) is 2.43. The Labute approximate surface area is 122 Å². The first kappa shape index (κ1) is 16.6. The number of esters is 1. The molecule has 0 radical (unpaired) electrons. The number of carbonyl (C=O) groups excluding carboxylic acids is 2. The van der Waals surface area contributed by atoms with E-state index >= 15 is 0 Å². The first-order valence-electron chi connectivity index (χ1n) is 6.40. The third kappa shape index (κ3) is 4.01. The molecule has 0 unspecified atom stereocenters. The van der Waals surface area contributed by atoms with Crippen molar-refractivity contribution in [2.24, 2.45) is 0 Å². The van der Waals surface area contributed by atoms with E-state index in [2.05, 4.69) is 4.74 Å². The maximum absolute atomic E-state index is 12.5. The second-order valence-corrected chi connectivity index (χ2v) is 4.86. The van der Waals surface area contributed by atoms with E-state index < -0.39 is 16.8 Å². The monoisotopic (exact) mass is 294 g/mol. The number of aryl methyl sites for hydroxylation is 1. The van der Waals surface area contributed by atoms with E-state index in [-0.39, 0.29) is 23.8 Å². The van der Waals surface area contributed by atoms with Gasteiger partial charge in [0, 0.05) is 23.7 Å². The molecular formula is C14H18N2O5. The highest BCUT2D eigenvalue weighted by Crippen LogP contribution is 2.20. The molecule has 1 rings (SSSR count). The third-order valence-electron chi connectivity index (χ3n) is 3.07. The number of rotatable bonds is 5. The van der Waals surface area contributed by atoms with Gasteiger partial charge in [-0.05, 0) is 26.3 Å². The first-order chi connectivity index (χ1) is 9.77. The number of hydrogen-bond donors (Lipinski definition) is 0. The lowest BCUT2D eigenvalue weighted by Gasteiger charge is -2.26. The van der Waals surface area contributed by atoms with Crippen LogP contribution in [-0.4, -0.2) is 41.4 Å². The van der Waals surface area contributed by atoms with Gasteiger partial charge >= 0.3 is 5.97 Å². The molecule has 0 saturated carbocycles. The van der Waals surface area contributed by atoms with Crippen LogP contribution in [0.25, 0.3) is 0 Å². The Balaban J connectivity index is 3.17. The van der Waals surface area contributed by atoms with Gasteiger partial charge in [-0.15, -0.1) is 0 Å². The number of hydrogen-bond acceptors (Lipinski definition) is 5. The van der Waals surface area contributed by atoms with Crippen molar-refractivity contribution in [1.29, 1.82) is 0 Å². The van der Waals surface area contributed by atoms with Gasteiger partial charge in [-0.1, -0.05) is 6.07 Å². The van der Waals surface area contributed by atoms with Crippen molar-refractivity contribution >= 4 is 17.6 Å². The molecule has 0 aromatic heterocycles. The van der Waals surface area contributed by atoms with Crippen LogP contribution in [-0.2, 0) is 9.53 Å². The van der Waals surface area contributed by atoms with E-state index in [0.717, 1.165) is 0 Å². The SMILES string of the molecule is COC(=O)CN(C(=O)c1cc([N+](=O)[O-])ccc1C)C(C)C. The van der Waals surface area contributed by atoms with Gasteiger partial charge in [-0.3, -0.25) is 19.7 Å². The Kier molecular flexibility index (Phi) is 5.40. The summed E-state index contributed by atoms with van der Waals surface area (Å²) in [5, 5.41) is 10.8. The van der Waals surface area contributed by atoms with Crippen molar-refractivity contribution in [2.45, 2.75) is 26.8 Å². The standard InChI is InChI=1S/C14H18N2O5/c1-9(2)15(8-13(17)21-4)14(18)12-7-11(16(19)20)6-5-10(12)3/h5-7,9H,8H2,1-4H3. The molecule has 1 amide bonds. The summed E-state index contributed by atoms with van der Waals surface area (Å²) >= 11 is 0. The van der Waals surface area contributed by atoms with Crippen LogP contribution >= 0.6 is 0 Å². The van der Waals surface area contributed by atoms with Crippen molar-refractivity contribution in [3.05, 3.63) is 39.4 Å². The molecule has 0 heterocycles. The van der Waals surface area contributed by atoms with Gasteiger partial charge in [0.1, 0.15) is 6.54 Å². The molecule has 1 aromatic carbocycles. The Morgan fingerprint density at radius 2 is 2.00 bits per heavy atom. The summed E-state index contributed by atoms with van der Waals surface area (Å²) in [6, 6.07) is 3.84. The molecule has 21 heavy (non-hydrogen) atoms. The molecule has 0 atom stereocenters. The molecule has 114 valence electrons. The number of non-ortho nitro benzene ring substituents is 1. The molecule has 1 aromatic rings. The van der Waals surface area contributed by atoms with Crippen molar-refractivity contribution in [3.8, 4) is 0 Å². The van der Waals surface area contributed by atoms with Crippen LogP contribution in [0.2, 0.25) is 0 Å². The topological polar surface area (TPSA) is 89.8 Å². The van der Waals surface area contributed by atoms with Crippen LogP contribution in [0.5, 0.6) is 0 Å². The molecule has 0 spiro atoms. The number of methoxy groups -OCH3 is 1. The molecule has 0 fully saturated rings. The fourth-order valence-electron chi connectivity index (χ4n) is 1.80. The molecular weight excluding hydrogens is 276 g/mol. The van der Waals surface area contributed by atoms with Crippen molar-refractivity contribution in [2.75, 3.05) is 13.7 Å². The fourth-order valence-corrected chi connectivity index (χ4v) is 1.80. The lowest BCUT2D eigenvalue weighted by molar-refractivity contribution is -0.384. The van der Waals surface area contributed by atoms with E-state index in [1.165, 1.54) is 30.2 Å². The largest absolute Gasteiger partial charge is 0.468 e. The van der Waals surface area contributed by atoms with Gasteiger partial charge in [-0.2, -0.15) is 0 Å². The smallest absolute Gasteiger partial charge is 0.325 e. The van der Waals surface area contributed by atoms with Crippen LogP contribution in [0, 0.1) is 17.0 Å². The van der Waals surface area contributed by atoms with E-state index in [9.17, 15) is 19.7 Å². The number of nitrogens with zero attached hydrogens (tertiary/aromatic N) is 2. The molecule has 0 aliphatic heterocycles. The van der Waals surface area contributed by atoms with E-state index in [0.29, 0.717) is 5.56 Å². The summed E-state index contributed by atoms with van der Waals surface area (Å²) in [6.07, 6.45) is 0. The molecule has 0 saturated heterocycles. The van der Waals surface area contributed by atoms with E-state index in [1.54, 1.807) is 20.8 Å². The highest BCUT2D eigenvalue weighted by atomic mass is 16.6. The number of nitro groups is 1. The highest BCUT2D eigenvalue weighted by Gasteiger charge is 2.24. The van der Waals surface area contributed by atoms with E-state index in [4.69, 9.17) is 0 Å². The lowest BCUT2D eigenvalue weighted by atomic mass is 10.1. The summed E-state index contributed by atoms with van der Waals surface area (Å²) < 4.78 is 4.57. The summed E-state index contributed by atoms with van der Waals surface area (Å²) in [5.41, 5.74) is 0.661. The predicted molar refractivity (Wildman–Crippen MR) is 76.0 cm³/mol. The summed E-state index contributed by atoms with van der Waals surface area (Å²) in [5.74, 6) is -0.975. The van der Waals surface area contributed by atoms with Gasteiger partial charge in [0.15, 0.2) is 0 Å². The van der Waals surface area contributed by atoms with Crippen molar-refractivity contribution in [1.82, 2.24) is 4.90 Å². The second-order valence-electron chi connectivity index (χ2n) is 4.86. The maximum atomic E-state index is 12.5. The van der Waals surface area contributed by atoms with Gasteiger partial charge in [0.2, 0.25) is 0 Å². The number of amides is 1. The quantitative estimate of drug-likeness (QED) is 0.470. The predicted octanol–water partition coefficient (Wildman–Crippen LogP) is 1.93. The number of carbonyl (C=O) groups is 2. The second kappa shape index (κ2) is 6.83. The number of ether oxygens (including phenoxy) is 1. The zero-order valence-electron chi connectivity index (χ0n) is 12.5. The molecule has 0 aliphatic rings. The first-order valence-corrected chi connectivity index (χ1v) is 6.40. The van der Waals surface area contributed by atoms with Gasteiger partial charge < -0.3 is 9.64 Å². The summed E-state index contributed by atoms with van der Waals surface area (Å²) in [6.45, 7) is 5.00. The van der Waals surface area contributed by atoms with Gasteiger partial charge in [-0.25, -0.2) is 0 Å². The molecule has 7 nitrogen and oxygen atoms in total. The Bertz CT molecular complexity index is 568. The lowest BCUT2D eigenvalue weighted by Crippen LogP contribution is -2.41. The Hall–Kier alpha value is -2.44. The van der Waals surface area contributed by atoms with Gasteiger partial charge in [0.25, 0.3) is 11.6 Å². The zero-order chi connectivity index (χ0) is 16.2. The number of benzene rings is 1. The minimum Gasteiger partial charge on any atom is -0.468 e. The molecule has 0 aliphatic carbocycles. The van der Waals surface area contributed by atoms with Crippen LogP contribution in [0.4, 0.5) is 5.69 Å². The van der Waals surface area contributed by atoms with Crippen LogP contribution < -0.4 is 0 Å². The maximum Gasteiger partial charge on any atom is 0.325 e. The third-order valence-corrected chi connectivity index (χ3v) is 3.07.